The first-order valence-electron chi connectivity index (χ1n) is 8.25. The van der Waals surface area contributed by atoms with E-state index >= 15 is 0 Å². The lowest BCUT2D eigenvalue weighted by Gasteiger charge is -2.15. The van der Waals surface area contributed by atoms with E-state index in [1.54, 1.807) is 18.2 Å². The lowest BCUT2D eigenvalue weighted by atomic mass is 10.1. The van der Waals surface area contributed by atoms with Crippen molar-refractivity contribution in [3.63, 3.8) is 0 Å². The highest BCUT2D eigenvalue weighted by Crippen LogP contribution is 2.32. The van der Waals surface area contributed by atoms with Crippen molar-refractivity contribution in [2.45, 2.75) is 24.2 Å². The molecule has 0 spiro atoms. The zero-order valence-electron chi connectivity index (χ0n) is 14.6. The number of nitrogens with one attached hydrogen (secondary N) is 1. The maximum atomic E-state index is 13.1. The van der Waals surface area contributed by atoms with Gasteiger partial charge in [0.15, 0.2) is 0 Å². The third-order valence-electron chi connectivity index (χ3n) is 3.91. The van der Waals surface area contributed by atoms with Crippen LogP contribution in [0, 0.1) is 0 Å². The zero-order valence-corrected chi connectivity index (χ0v) is 17.0. The van der Waals surface area contributed by atoms with E-state index in [1.807, 2.05) is 31.2 Å². The Balaban J connectivity index is 1.73. The van der Waals surface area contributed by atoms with Crippen LogP contribution in [0.15, 0.2) is 58.0 Å². The Labute approximate surface area is 172 Å². The van der Waals surface area contributed by atoms with Crippen LogP contribution in [0.2, 0.25) is 0 Å². The average molecular weight is 470 g/mol. The zero-order chi connectivity index (χ0) is 20.3. The van der Waals surface area contributed by atoms with Crippen LogP contribution in [0.25, 0.3) is 10.9 Å². The number of carbonyl (C=O) groups is 1. The van der Waals surface area contributed by atoms with Crippen LogP contribution in [-0.4, -0.2) is 21.6 Å². The van der Waals surface area contributed by atoms with Crippen LogP contribution in [0.4, 0.5) is 13.2 Å². The summed E-state index contributed by atoms with van der Waals surface area (Å²) in [6, 6.07) is 13.7. The van der Waals surface area contributed by atoms with Crippen molar-refractivity contribution >= 4 is 44.5 Å². The number of para-hydroxylation sites is 1. The quantitative estimate of drug-likeness (QED) is 0.402. The molecular formula is C19H15BrF3N3OS. The molecule has 0 aliphatic heterocycles. The minimum atomic E-state index is -4.66. The van der Waals surface area contributed by atoms with E-state index in [0.29, 0.717) is 5.39 Å². The van der Waals surface area contributed by atoms with Gasteiger partial charge in [-0.3, -0.25) is 4.79 Å². The molecule has 9 heteroatoms. The molecule has 1 unspecified atom stereocenters. The fourth-order valence-electron chi connectivity index (χ4n) is 2.54. The summed E-state index contributed by atoms with van der Waals surface area (Å²) >= 11 is 4.31. The Bertz CT molecular complexity index is 996. The number of nitrogens with zero attached hydrogens (tertiary/aromatic N) is 2. The minimum absolute atomic E-state index is 0.0564. The molecule has 0 aliphatic carbocycles. The van der Waals surface area contributed by atoms with Crippen molar-refractivity contribution in [2.24, 2.45) is 0 Å². The van der Waals surface area contributed by atoms with Gasteiger partial charge in [0.05, 0.1) is 17.3 Å². The van der Waals surface area contributed by atoms with Gasteiger partial charge in [-0.15, -0.1) is 0 Å². The first-order valence-corrected chi connectivity index (χ1v) is 10.0. The predicted molar refractivity (Wildman–Crippen MR) is 106 cm³/mol. The SMILES string of the molecule is CC(NC(=O)CSc1nc(C(F)(F)F)nc2ccccc12)c1ccc(Br)cc1. The van der Waals surface area contributed by atoms with Crippen molar-refractivity contribution < 1.29 is 18.0 Å². The van der Waals surface area contributed by atoms with Crippen LogP contribution in [0.5, 0.6) is 0 Å². The molecule has 28 heavy (non-hydrogen) atoms. The van der Waals surface area contributed by atoms with Gasteiger partial charge < -0.3 is 5.32 Å². The smallest absolute Gasteiger partial charge is 0.349 e. The molecule has 146 valence electrons. The molecule has 0 radical (unpaired) electrons. The molecular weight excluding hydrogens is 455 g/mol. The van der Waals surface area contributed by atoms with Crippen molar-refractivity contribution in [1.82, 2.24) is 15.3 Å². The number of hydrogen-bond acceptors (Lipinski definition) is 4. The molecule has 0 bridgehead atoms. The second kappa shape index (κ2) is 8.48. The molecule has 0 fully saturated rings. The maximum Gasteiger partial charge on any atom is 0.451 e. The number of carbonyl (C=O) groups excluding carboxylic acids is 1. The summed E-state index contributed by atoms with van der Waals surface area (Å²) in [7, 11) is 0. The summed E-state index contributed by atoms with van der Waals surface area (Å²) in [6.45, 7) is 1.84. The normalized spacial score (nSPS) is 12.8. The van der Waals surface area contributed by atoms with Crippen molar-refractivity contribution in [1.29, 1.82) is 0 Å². The lowest BCUT2D eigenvalue weighted by molar-refractivity contribution is -0.145. The van der Waals surface area contributed by atoms with Crippen molar-refractivity contribution in [3.05, 3.63) is 64.4 Å². The van der Waals surface area contributed by atoms with Gasteiger partial charge in [0.25, 0.3) is 0 Å². The molecule has 2 aromatic carbocycles. The highest BCUT2D eigenvalue weighted by atomic mass is 79.9. The Kier molecular flexibility index (Phi) is 6.24. The van der Waals surface area contributed by atoms with Crippen molar-refractivity contribution in [3.8, 4) is 0 Å². The number of rotatable bonds is 5. The van der Waals surface area contributed by atoms with Gasteiger partial charge in [-0.25, -0.2) is 9.97 Å². The molecule has 1 aromatic heterocycles. The number of fused-ring (bicyclic) bond motifs is 1. The van der Waals surface area contributed by atoms with Crippen LogP contribution in [0.1, 0.15) is 24.4 Å². The molecule has 4 nitrogen and oxygen atoms in total. The Morgan fingerprint density at radius 1 is 1.14 bits per heavy atom. The molecule has 0 saturated heterocycles. The van der Waals surface area contributed by atoms with Gasteiger partial charge in [0.1, 0.15) is 5.03 Å². The van der Waals surface area contributed by atoms with E-state index in [4.69, 9.17) is 0 Å². The molecule has 0 aliphatic rings. The third kappa shape index (κ3) is 5.02. The summed E-state index contributed by atoms with van der Waals surface area (Å²) in [5.74, 6) is -1.56. The Morgan fingerprint density at radius 3 is 2.50 bits per heavy atom. The predicted octanol–water partition coefficient (Wildman–Crippen LogP) is 5.38. The molecule has 3 aromatic rings. The Hall–Kier alpha value is -2.13. The molecule has 1 heterocycles. The van der Waals surface area contributed by atoms with Gasteiger partial charge in [-0.2, -0.15) is 13.2 Å². The summed E-state index contributed by atoms with van der Waals surface area (Å²) < 4.78 is 40.1. The number of hydrogen-bond donors (Lipinski definition) is 1. The average Bonchev–Trinajstić information content (AvgIpc) is 2.65. The molecule has 1 atom stereocenters. The topological polar surface area (TPSA) is 54.9 Å². The van der Waals surface area contributed by atoms with E-state index in [0.717, 1.165) is 21.8 Å². The molecule has 1 N–H and O–H groups in total. The number of alkyl halides is 3. The van der Waals surface area contributed by atoms with Crippen LogP contribution < -0.4 is 5.32 Å². The summed E-state index contributed by atoms with van der Waals surface area (Å²) in [4.78, 5) is 19.5. The fourth-order valence-corrected chi connectivity index (χ4v) is 3.63. The third-order valence-corrected chi connectivity index (χ3v) is 5.43. The second-order valence-corrected chi connectivity index (χ2v) is 7.88. The van der Waals surface area contributed by atoms with E-state index in [-0.39, 0.29) is 28.2 Å². The second-order valence-electron chi connectivity index (χ2n) is 6.00. The first-order chi connectivity index (χ1) is 13.2. The fraction of sp³-hybridized carbons (Fsp3) is 0.211. The standard InChI is InChI=1S/C19H15BrF3N3OS/c1-11(12-6-8-13(20)9-7-12)24-16(27)10-28-17-14-4-2-3-5-15(14)25-18(26-17)19(21,22)23/h2-9,11H,10H2,1H3,(H,24,27). The summed E-state index contributed by atoms with van der Waals surface area (Å²) in [5.41, 5.74) is 1.12. The van der Waals surface area contributed by atoms with Gasteiger partial charge >= 0.3 is 6.18 Å². The molecule has 1 amide bonds. The van der Waals surface area contributed by atoms with E-state index < -0.39 is 12.0 Å². The summed E-state index contributed by atoms with van der Waals surface area (Å²) in [5, 5.41) is 3.45. The van der Waals surface area contributed by atoms with Crippen molar-refractivity contribution in [2.75, 3.05) is 5.75 Å². The highest BCUT2D eigenvalue weighted by molar-refractivity contribution is 9.10. The Morgan fingerprint density at radius 2 is 1.82 bits per heavy atom. The monoisotopic (exact) mass is 469 g/mol. The van der Waals surface area contributed by atoms with Crippen LogP contribution in [0.3, 0.4) is 0 Å². The first kappa shape index (κ1) is 20.6. The van der Waals surface area contributed by atoms with E-state index in [1.165, 1.54) is 6.07 Å². The highest BCUT2D eigenvalue weighted by Gasteiger charge is 2.35. The van der Waals surface area contributed by atoms with E-state index in [2.05, 4.69) is 31.2 Å². The lowest BCUT2D eigenvalue weighted by Crippen LogP contribution is -2.28. The minimum Gasteiger partial charge on any atom is -0.349 e. The number of aromatic nitrogens is 2. The van der Waals surface area contributed by atoms with Gasteiger partial charge in [-0.05, 0) is 30.7 Å². The summed E-state index contributed by atoms with van der Waals surface area (Å²) in [6.07, 6.45) is -4.66. The van der Waals surface area contributed by atoms with Gasteiger partial charge in [0, 0.05) is 9.86 Å². The number of thioether (sulfide) groups is 1. The van der Waals surface area contributed by atoms with Crippen LogP contribution in [-0.2, 0) is 11.0 Å². The molecule has 3 rings (SSSR count). The largest absolute Gasteiger partial charge is 0.451 e. The van der Waals surface area contributed by atoms with E-state index in [9.17, 15) is 18.0 Å². The number of halogens is 4. The van der Waals surface area contributed by atoms with Gasteiger partial charge in [-0.1, -0.05) is 58.0 Å². The van der Waals surface area contributed by atoms with Crippen LogP contribution >= 0.6 is 27.7 Å². The molecule has 0 saturated carbocycles. The maximum absolute atomic E-state index is 13.1. The number of benzene rings is 2. The van der Waals surface area contributed by atoms with Gasteiger partial charge in [0.2, 0.25) is 11.7 Å². The number of amides is 1.